The number of halogens is 1. The lowest BCUT2D eigenvalue weighted by molar-refractivity contribution is 0.101. The van der Waals surface area contributed by atoms with E-state index in [4.69, 9.17) is 0 Å². The van der Waals surface area contributed by atoms with Gasteiger partial charge in [0.1, 0.15) is 5.82 Å². The maximum Gasteiger partial charge on any atom is 0.159 e. The van der Waals surface area contributed by atoms with Crippen molar-refractivity contribution in [2.75, 3.05) is 0 Å². The minimum absolute atomic E-state index is 0.0564. The number of nitrogens with zero attached hydrogens (tertiary/aromatic N) is 1. The fourth-order valence-electron chi connectivity index (χ4n) is 1.49. The van der Waals surface area contributed by atoms with E-state index in [-0.39, 0.29) is 11.6 Å². The largest absolute Gasteiger partial charge is 0.295 e. The summed E-state index contributed by atoms with van der Waals surface area (Å²) in [6.45, 7) is 1.54. The van der Waals surface area contributed by atoms with Crippen LogP contribution in [0.3, 0.4) is 0 Å². The second-order valence-electron chi connectivity index (χ2n) is 3.88. The Morgan fingerprint density at radius 2 is 2.00 bits per heavy atom. The highest BCUT2D eigenvalue weighted by molar-refractivity contribution is 7.98. The van der Waals surface area contributed by atoms with E-state index in [1.807, 2.05) is 12.1 Å². The smallest absolute Gasteiger partial charge is 0.159 e. The van der Waals surface area contributed by atoms with Crippen molar-refractivity contribution in [2.45, 2.75) is 17.6 Å². The predicted octanol–water partition coefficient (Wildman–Crippen LogP) is 3.72. The molecule has 0 amide bonds. The third-order valence-electron chi connectivity index (χ3n) is 2.43. The molecule has 18 heavy (non-hydrogen) atoms. The Balaban J connectivity index is 2.00. The average molecular weight is 261 g/mol. The van der Waals surface area contributed by atoms with Gasteiger partial charge in [0.05, 0.1) is 6.20 Å². The molecule has 2 rings (SSSR count). The van der Waals surface area contributed by atoms with Crippen LogP contribution in [-0.2, 0) is 5.75 Å². The third-order valence-corrected chi connectivity index (χ3v) is 3.51. The van der Waals surface area contributed by atoms with Crippen molar-refractivity contribution in [3.63, 3.8) is 0 Å². The minimum Gasteiger partial charge on any atom is -0.295 e. The summed E-state index contributed by atoms with van der Waals surface area (Å²) in [6, 6.07) is 8.87. The van der Waals surface area contributed by atoms with Gasteiger partial charge < -0.3 is 0 Å². The van der Waals surface area contributed by atoms with Crippen molar-refractivity contribution in [2.24, 2.45) is 0 Å². The molecule has 0 atom stereocenters. The topological polar surface area (TPSA) is 30.0 Å². The second kappa shape index (κ2) is 5.78. The minimum atomic E-state index is -0.319. The van der Waals surface area contributed by atoms with E-state index in [0.717, 1.165) is 10.5 Å². The lowest BCUT2D eigenvalue weighted by Crippen LogP contribution is -1.90. The van der Waals surface area contributed by atoms with Gasteiger partial charge >= 0.3 is 0 Å². The number of pyridine rings is 1. The first-order valence-corrected chi connectivity index (χ1v) is 6.47. The fraction of sp³-hybridized carbons (Fsp3) is 0.143. The molecular formula is C14H12FNOS. The van der Waals surface area contributed by atoms with Gasteiger partial charge in [-0.3, -0.25) is 9.78 Å². The van der Waals surface area contributed by atoms with Gasteiger partial charge in [0.25, 0.3) is 0 Å². The fourth-order valence-corrected chi connectivity index (χ4v) is 2.31. The van der Waals surface area contributed by atoms with Gasteiger partial charge in [-0.1, -0.05) is 12.1 Å². The van der Waals surface area contributed by atoms with Crippen molar-refractivity contribution in [1.82, 2.24) is 4.98 Å². The molecule has 0 saturated carbocycles. The Morgan fingerprint density at radius 1 is 1.28 bits per heavy atom. The summed E-state index contributed by atoms with van der Waals surface area (Å²) < 4.78 is 12.9. The monoisotopic (exact) mass is 261 g/mol. The predicted molar refractivity (Wildman–Crippen MR) is 70.2 cm³/mol. The summed E-state index contributed by atoms with van der Waals surface area (Å²) in [5.41, 5.74) is 1.54. The molecule has 0 bridgehead atoms. The van der Waals surface area contributed by atoms with Crippen molar-refractivity contribution in [3.05, 3.63) is 59.7 Å². The molecule has 92 valence electrons. The molecule has 2 nitrogen and oxygen atoms in total. The van der Waals surface area contributed by atoms with Crippen LogP contribution in [0.15, 0.2) is 47.6 Å². The van der Waals surface area contributed by atoms with Gasteiger partial charge in [0.2, 0.25) is 0 Å². The zero-order chi connectivity index (χ0) is 13.0. The highest BCUT2D eigenvalue weighted by Crippen LogP contribution is 2.23. The average Bonchev–Trinajstić information content (AvgIpc) is 2.37. The van der Waals surface area contributed by atoms with Gasteiger partial charge in [0.15, 0.2) is 5.78 Å². The van der Waals surface area contributed by atoms with Crippen LogP contribution in [0.5, 0.6) is 0 Å². The first-order valence-electron chi connectivity index (χ1n) is 5.48. The van der Waals surface area contributed by atoms with Crippen LogP contribution in [-0.4, -0.2) is 10.8 Å². The van der Waals surface area contributed by atoms with E-state index in [1.54, 1.807) is 37.0 Å². The number of carbonyl (C=O) groups is 1. The second-order valence-corrected chi connectivity index (χ2v) is 4.93. The summed E-state index contributed by atoms with van der Waals surface area (Å²) in [5.74, 6) is 0.394. The molecule has 1 heterocycles. The summed E-state index contributed by atoms with van der Waals surface area (Å²) in [5, 5.41) is 0. The van der Waals surface area contributed by atoms with E-state index in [2.05, 4.69) is 4.98 Å². The molecule has 0 aliphatic carbocycles. The lowest BCUT2D eigenvalue weighted by Gasteiger charge is -2.02. The van der Waals surface area contributed by atoms with Crippen LogP contribution >= 0.6 is 11.8 Å². The number of rotatable bonds is 4. The van der Waals surface area contributed by atoms with Crippen LogP contribution in [0.25, 0.3) is 0 Å². The first-order chi connectivity index (χ1) is 8.65. The molecule has 0 unspecified atom stereocenters. The van der Waals surface area contributed by atoms with Gasteiger partial charge in [-0.05, 0) is 30.7 Å². The molecule has 0 radical (unpaired) electrons. The number of hydrogen-bond donors (Lipinski definition) is 0. The molecule has 0 spiro atoms. The summed E-state index contributed by atoms with van der Waals surface area (Å²) in [7, 11) is 0. The number of ketones is 1. The highest BCUT2D eigenvalue weighted by Gasteiger charge is 2.01. The maximum atomic E-state index is 12.9. The summed E-state index contributed by atoms with van der Waals surface area (Å²) in [6.07, 6.45) is 2.84. The van der Waals surface area contributed by atoms with Crippen LogP contribution < -0.4 is 0 Å². The van der Waals surface area contributed by atoms with E-state index in [9.17, 15) is 9.18 Å². The molecule has 0 aliphatic heterocycles. The number of Topliss-reactive ketones (excluding diaryl/α,β-unsaturated/α-hetero) is 1. The first kappa shape index (κ1) is 12.8. The Bertz CT molecular complexity index is 554. The quantitative estimate of drug-likeness (QED) is 0.620. The highest BCUT2D eigenvalue weighted by atomic mass is 32.2. The Kier molecular flexibility index (Phi) is 4.10. The Labute approximate surface area is 109 Å². The molecule has 1 aromatic carbocycles. The van der Waals surface area contributed by atoms with E-state index < -0.39 is 0 Å². The maximum absolute atomic E-state index is 12.9. The van der Waals surface area contributed by atoms with E-state index >= 15 is 0 Å². The summed E-state index contributed by atoms with van der Waals surface area (Å²) in [4.78, 5) is 16.0. The molecule has 2 aromatic rings. The van der Waals surface area contributed by atoms with Gasteiger partial charge in [0, 0.05) is 22.4 Å². The van der Waals surface area contributed by atoms with Crippen molar-refractivity contribution >= 4 is 17.5 Å². The van der Waals surface area contributed by atoms with Crippen LogP contribution in [0.1, 0.15) is 22.8 Å². The van der Waals surface area contributed by atoms with Crippen molar-refractivity contribution < 1.29 is 9.18 Å². The molecule has 0 aliphatic rings. The zero-order valence-electron chi connectivity index (χ0n) is 9.89. The van der Waals surface area contributed by atoms with E-state index in [0.29, 0.717) is 11.3 Å². The standard InChI is InChI=1S/C14H12FNOS/c1-10(17)12-2-4-14(5-3-12)18-9-11-6-13(15)8-16-7-11/h2-8H,9H2,1H3. The molecule has 0 N–H and O–H groups in total. The number of benzene rings is 1. The number of aromatic nitrogens is 1. The van der Waals surface area contributed by atoms with Gasteiger partial charge in [-0.25, -0.2) is 4.39 Å². The molecular weight excluding hydrogens is 249 g/mol. The third kappa shape index (κ3) is 3.40. The Morgan fingerprint density at radius 3 is 2.61 bits per heavy atom. The van der Waals surface area contributed by atoms with Gasteiger partial charge in [-0.2, -0.15) is 0 Å². The summed E-state index contributed by atoms with van der Waals surface area (Å²) >= 11 is 1.58. The van der Waals surface area contributed by atoms with Crippen molar-refractivity contribution in [3.8, 4) is 0 Å². The molecule has 0 fully saturated rings. The molecule has 4 heteroatoms. The SMILES string of the molecule is CC(=O)c1ccc(SCc2cncc(F)c2)cc1. The van der Waals surface area contributed by atoms with Gasteiger partial charge in [-0.15, -0.1) is 11.8 Å². The normalized spacial score (nSPS) is 10.3. The number of thioether (sulfide) groups is 1. The van der Waals surface area contributed by atoms with Crippen LogP contribution in [0, 0.1) is 5.82 Å². The van der Waals surface area contributed by atoms with Crippen LogP contribution in [0.4, 0.5) is 4.39 Å². The van der Waals surface area contributed by atoms with Crippen molar-refractivity contribution in [1.29, 1.82) is 0 Å². The zero-order valence-corrected chi connectivity index (χ0v) is 10.7. The number of carbonyl (C=O) groups excluding carboxylic acids is 1. The molecule has 1 aromatic heterocycles. The van der Waals surface area contributed by atoms with E-state index in [1.165, 1.54) is 12.3 Å². The lowest BCUT2D eigenvalue weighted by atomic mass is 10.2. The van der Waals surface area contributed by atoms with Crippen LogP contribution in [0.2, 0.25) is 0 Å². The number of hydrogen-bond acceptors (Lipinski definition) is 3. The Hall–Kier alpha value is -1.68. The molecule has 0 saturated heterocycles.